The van der Waals surface area contributed by atoms with E-state index in [0.717, 1.165) is 17.7 Å². The molecule has 0 aliphatic carbocycles. The number of rotatable bonds is 7. The molecular formula is C16H26N2O2. The Bertz CT molecular complexity index is 442. The molecule has 0 heterocycles. The van der Waals surface area contributed by atoms with Crippen molar-refractivity contribution in [1.82, 2.24) is 4.90 Å². The first-order chi connectivity index (χ1) is 9.53. The number of hydrogen-bond donors (Lipinski definition) is 1. The predicted octanol–water partition coefficient (Wildman–Crippen LogP) is 2.13. The molecule has 2 N–H and O–H groups in total. The molecular weight excluding hydrogens is 252 g/mol. The fourth-order valence-corrected chi connectivity index (χ4v) is 2.21. The van der Waals surface area contributed by atoms with Gasteiger partial charge in [-0.3, -0.25) is 4.79 Å². The summed E-state index contributed by atoms with van der Waals surface area (Å²) in [5.41, 5.74) is 7.86. The SMILES string of the molecule is CCN(CC)C(=O)C(C)Oc1ccc(C)cc1CCN. The molecule has 1 rings (SSSR count). The third-order valence-corrected chi connectivity index (χ3v) is 3.36. The largest absolute Gasteiger partial charge is 0.481 e. The monoisotopic (exact) mass is 278 g/mol. The molecule has 0 aliphatic heterocycles. The van der Waals surface area contributed by atoms with E-state index in [1.165, 1.54) is 5.56 Å². The highest BCUT2D eigenvalue weighted by molar-refractivity contribution is 5.80. The highest BCUT2D eigenvalue weighted by Gasteiger charge is 2.20. The fourth-order valence-electron chi connectivity index (χ4n) is 2.21. The van der Waals surface area contributed by atoms with Crippen LogP contribution >= 0.6 is 0 Å². The highest BCUT2D eigenvalue weighted by atomic mass is 16.5. The van der Waals surface area contributed by atoms with Crippen LogP contribution in [0, 0.1) is 6.92 Å². The van der Waals surface area contributed by atoms with Crippen molar-refractivity contribution >= 4 is 5.91 Å². The van der Waals surface area contributed by atoms with Crippen LogP contribution in [-0.2, 0) is 11.2 Å². The molecule has 1 aromatic rings. The molecule has 0 bridgehead atoms. The smallest absolute Gasteiger partial charge is 0.263 e. The van der Waals surface area contributed by atoms with Gasteiger partial charge in [0.25, 0.3) is 5.91 Å². The van der Waals surface area contributed by atoms with Gasteiger partial charge in [0.1, 0.15) is 5.75 Å². The first-order valence-electron chi connectivity index (χ1n) is 7.28. The number of amides is 1. The summed E-state index contributed by atoms with van der Waals surface area (Å²) >= 11 is 0. The molecule has 20 heavy (non-hydrogen) atoms. The van der Waals surface area contributed by atoms with Crippen LogP contribution in [-0.4, -0.2) is 36.5 Å². The van der Waals surface area contributed by atoms with Gasteiger partial charge in [0.15, 0.2) is 6.10 Å². The summed E-state index contributed by atoms with van der Waals surface area (Å²) in [4.78, 5) is 14.0. The molecule has 1 aromatic carbocycles. The van der Waals surface area contributed by atoms with Gasteiger partial charge >= 0.3 is 0 Å². The van der Waals surface area contributed by atoms with E-state index in [2.05, 4.69) is 6.07 Å². The Kier molecular flexibility index (Phi) is 6.52. The van der Waals surface area contributed by atoms with Crippen molar-refractivity contribution < 1.29 is 9.53 Å². The molecule has 0 fully saturated rings. The molecule has 0 saturated heterocycles. The van der Waals surface area contributed by atoms with Gasteiger partial charge in [-0.2, -0.15) is 0 Å². The minimum absolute atomic E-state index is 0.0225. The van der Waals surface area contributed by atoms with Crippen molar-refractivity contribution in [2.75, 3.05) is 19.6 Å². The van der Waals surface area contributed by atoms with Crippen molar-refractivity contribution in [2.24, 2.45) is 5.73 Å². The number of carbonyl (C=O) groups is 1. The van der Waals surface area contributed by atoms with Crippen LogP contribution in [0.15, 0.2) is 18.2 Å². The minimum atomic E-state index is -0.478. The third-order valence-electron chi connectivity index (χ3n) is 3.36. The maximum Gasteiger partial charge on any atom is 0.263 e. The van der Waals surface area contributed by atoms with Gasteiger partial charge in [0, 0.05) is 13.1 Å². The van der Waals surface area contributed by atoms with Crippen LogP contribution in [0.3, 0.4) is 0 Å². The lowest BCUT2D eigenvalue weighted by molar-refractivity contribution is -0.137. The first kappa shape index (κ1) is 16.5. The van der Waals surface area contributed by atoms with Crippen molar-refractivity contribution in [3.05, 3.63) is 29.3 Å². The molecule has 0 aliphatic rings. The summed E-state index contributed by atoms with van der Waals surface area (Å²) < 4.78 is 5.85. The van der Waals surface area contributed by atoms with E-state index in [4.69, 9.17) is 10.5 Å². The topological polar surface area (TPSA) is 55.6 Å². The van der Waals surface area contributed by atoms with E-state index in [0.29, 0.717) is 19.6 Å². The second-order valence-corrected chi connectivity index (χ2v) is 4.92. The van der Waals surface area contributed by atoms with Crippen LogP contribution in [0.4, 0.5) is 0 Å². The molecule has 112 valence electrons. The summed E-state index contributed by atoms with van der Waals surface area (Å²) in [7, 11) is 0. The molecule has 0 saturated carbocycles. The van der Waals surface area contributed by atoms with E-state index in [-0.39, 0.29) is 5.91 Å². The van der Waals surface area contributed by atoms with Crippen LogP contribution < -0.4 is 10.5 Å². The van der Waals surface area contributed by atoms with Gasteiger partial charge < -0.3 is 15.4 Å². The second kappa shape index (κ2) is 7.90. The van der Waals surface area contributed by atoms with E-state index in [1.807, 2.05) is 32.9 Å². The maximum absolute atomic E-state index is 12.2. The zero-order valence-electron chi connectivity index (χ0n) is 13.0. The number of nitrogens with zero attached hydrogens (tertiary/aromatic N) is 1. The average molecular weight is 278 g/mol. The number of carbonyl (C=O) groups excluding carboxylic acids is 1. The Balaban J connectivity index is 2.84. The van der Waals surface area contributed by atoms with E-state index in [1.54, 1.807) is 11.8 Å². The molecule has 0 radical (unpaired) electrons. The van der Waals surface area contributed by atoms with Crippen molar-refractivity contribution in [3.8, 4) is 5.75 Å². The van der Waals surface area contributed by atoms with Crippen molar-refractivity contribution in [1.29, 1.82) is 0 Å². The van der Waals surface area contributed by atoms with Crippen LogP contribution in [0.25, 0.3) is 0 Å². The summed E-state index contributed by atoms with van der Waals surface area (Å²) in [5, 5.41) is 0. The average Bonchev–Trinajstić information content (AvgIpc) is 2.43. The van der Waals surface area contributed by atoms with Crippen LogP contribution in [0.2, 0.25) is 0 Å². The van der Waals surface area contributed by atoms with Gasteiger partial charge in [-0.05, 0) is 52.3 Å². The standard InChI is InChI=1S/C16H26N2O2/c1-5-18(6-2)16(19)13(4)20-15-8-7-12(3)11-14(15)9-10-17/h7-8,11,13H,5-6,9-10,17H2,1-4H3. The third kappa shape index (κ3) is 4.23. The predicted molar refractivity (Wildman–Crippen MR) is 82.0 cm³/mol. The van der Waals surface area contributed by atoms with Crippen molar-refractivity contribution in [2.45, 2.75) is 40.2 Å². The summed E-state index contributed by atoms with van der Waals surface area (Å²) in [6.45, 7) is 9.75. The van der Waals surface area contributed by atoms with Crippen LogP contribution in [0.1, 0.15) is 31.9 Å². The summed E-state index contributed by atoms with van der Waals surface area (Å²) in [6.07, 6.45) is 0.276. The van der Waals surface area contributed by atoms with Crippen LogP contribution in [0.5, 0.6) is 5.75 Å². The Morgan fingerprint density at radius 2 is 2.00 bits per heavy atom. The molecule has 1 unspecified atom stereocenters. The molecule has 4 nitrogen and oxygen atoms in total. The lowest BCUT2D eigenvalue weighted by atomic mass is 10.1. The highest BCUT2D eigenvalue weighted by Crippen LogP contribution is 2.22. The van der Waals surface area contributed by atoms with Gasteiger partial charge in [0.2, 0.25) is 0 Å². The Hall–Kier alpha value is -1.55. The molecule has 0 aromatic heterocycles. The molecule has 0 spiro atoms. The molecule has 4 heteroatoms. The number of hydrogen-bond acceptors (Lipinski definition) is 3. The molecule has 1 amide bonds. The fraction of sp³-hybridized carbons (Fsp3) is 0.562. The first-order valence-corrected chi connectivity index (χ1v) is 7.28. The second-order valence-electron chi connectivity index (χ2n) is 4.92. The Morgan fingerprint density at radius 1 is 1.35 bits per heavy atom. The lowest BCUT2D eigenvalue weighted by Gasteiger charge is -2.24. The van der Waals surface area contributed by atoms with Crippen molar-refractivity contribution in [3.63, 3.8) is 0 Å². The number of aryl methyl sites for hydroxylation is 1. The summed E-state index contributed by atoms with van der Waals surface area (Å²) in [6, 6.07) is 5.98. The van der Waals surface area contributed by atoms with E-state index >= 15 is 0 Å². The van der Waals surface area contributed by atoms with E-state index < -0.39 is 6.10 Å². The van der Waals surface area contributed by atoms with E-state index in [9.17, 15) is 4.79 Å². The zero-order chi connectivity index (χ0) is 15.1. The number of nitrogens with two attached hydrogens (primary N) is 1. The quantitative estimate of drug-likeness (QED) is 0.831. The van der Waals surface area contributed by atoms with Gasteiger partial charge in [0.05, 0.1) is 0 Å². The lowest BCUT2D eigenvalue weighted by Crippen LogP contribution is -2.40. The van der Waals surface area contributed by atoms with Gasteiger partial charge in [-0.25, -0.2) is 0 Å². The Labute approximate surface area is 121 Å². The normalized spacial score (nSPS) is 12.1. The number of benzene rings is 1. The minimum Gasteiger partial charge on any atom is -0.481 e. The van der Waals surface area contributed by atoms with Gasteiger partial charge in [-0.1, -0.05) is 17.7 Å². The molecule has 1 atom stereocenters. The number of likely N-dealkylation sites (N-methyl/N-ethyl adjacent to an activating group) is 1. The number of ether oxygens (including phenoxy) is 1. The van der Waals surface area contributed by atoms with Gasteiger partial charge in [-0.15, -0.1) is 0 Å². The summed E-state index contributed by atoms with van der Waals surface area (Å²) in [5.74, 6) is 0.781. The Morgan fingerprint density at radius 3 is 2.55 bits per heavy atom. The zero-order valence-corrected chi connectivity index (χ0v) is 13.0. The maximum atomic E-state index is 12.2.